The van der Waals surface area contributed by atoms with Gasteiger partial charge in [-0.05, 0) is 25.0 Å². The summed E-state index contributed by atoms with van der Waals surface area (Å²) in [5, 5.41) is 3.48. The average molecular weight is 382 g/mol. The van der Waals surface area contributed by atoms with Crippen LogP contribution in [0.25, 0.3) is 11.4 Å². The Balaban J connectivity index is 1.67. The number of nitrogens with zero attached hydrogens (tertiary/aromatic N) is 6. The summed E-state index contributed by atoms with van der Waals surface area (Å²) >= 11 is 6.39. The summed E-state index contributed by atoms with van der Waals surface area (Å²) in [5.74, 6) is 1.28. The monoisotopic (exact) mass is 381 g/mol. The van der Waals surface area contributed by atoms with E-state index in [9.17, 15) is 0 Å². The van der Waals surface area contributed by atoms with Crippen molar-refractivity contribution in [2.45, 2.75) is 26.8 Å². The number of fused-ring (bicyclic) bond motifs is 1. The molecule has 0 aromatic carbocycles. The zero-order valence-corrected chi connectivity index (χ0v) is 16.2. The van der Waals surface area contributed by atoms with Crippen LogP contribution in [0.3, 0.4) is 0 Å². The van der Waals surface area contributed by atoms with Gasteiger partial charge in [-0.3, -0.25) is 4.98 Å². The minimum absolute atomic E-state index is 0.498. The van der Waals surface area contributed by atoms with Gasteiger partial charge in [0.1, 0.15) is 5.69 Å². The van der Waals surface area contributed by atoms with Crippen LogP contribution in [0.4, 0.5) is 11.9 Å². The molecule has 0 radical (unpaired) electrons. The number of rotatable bonds is 3. The molecule has 8 heteroatoms. The van der Waals surface area contributed by atoms with Gasteiger partial charge < -0.3 is 10.2 Å². The van der Waals surface area contributed by atoms with Crippen LogP contribution in [-0.4, -0.2) is 38.5 Å². The van der Waals surface area contributed by atoms with Crippen LogP contribution in [0.15, 0.2) is 24.7 Å². The molecule has 1 N–H and O–H groups in total. The van der Waals surface area contributed by atoms with Gasteiger partial charge in [0, 0.05) is 44.5 Å². The first-order chi connectivity index (χ1) is 13.0. The normalized spacial score (nSPS) is 13.4. The maximum Gasteiger partial charge on any atom is 0.226 e. The topological polar surface area (TPSA) is 79.7 Å². The molecular weight excluding hydrogens is 362 g/mol. The van der Waals surface area contributed by atoms with Crippen LogP contribution in [0.5, 0.6) is 0 Å². The molecule has 0 unspecified atom stereocenters. The zero-order chi connectivity index (χ0) is 19.0. The number of aryl methyl sites for hydroxylation is 2. The second kappa shape index (κ2) is 7.08. The molecule has 0 atom stereocenters. The number of anilines is 2. The Bertz CT molecular complexity index is 1010. The molecule has 0 fully saturated rings. The fourth-order valence-electron chi connectivity index (χ4n) is 3.25. The number of halogens is 1. The molecule has 3 aromatic heterocycles. The van der Waals surface area contributed by atoms with E-state index in [0.29, 0.717) is 29.2 Å². The molecule has 7 nitrogen and oxygen atoms in total. The molecule has 1 aliphatic heterocycles. The van der Waals surface area contributed by atoms with E-state index in [-0.39, 0.29) is 0 Å². The van der Waals surface area contributed by atoms with Crippen molar-refractivity contribution in [1.82, 2.24) is 24.9 Å². The predicted molar refractivity (Wildman–Crippen MR) is 106 cm³/mol. The van der Waals surface area contributed by atoms with Gasteiger partial charge >= 0.3 is 0 Å². The van der Waals surface area contributed by atoms with Crippen molar-refractivity contribution in [1.29, 1.82) is 0 Å². The van der Waals surface area contributed by atoms with E-state index < -0.39 is 0 Å². The second-order valence-electron chi connectivity index (χ2n) is 6.63. The van der Waals surface area contributed by atoms with Gasteiger partial charge in [0.2, 0.25) is 11.9 Å². The van der Waals surface area contributed by atoms with Crippen molar-refractivity contribution < 1.29 is 0 Å². The lowest BCUT2D eigenvalue weighted by atomic mass is 10.1. The van der Waals surface area contributed by atoms with Crippen molar-refractivity contribution in [2.24, 2.45) is 0 Å². The van der Waals surface area contributed by atoms with Gasteiger partial charge in [-0.2, -0.15) is 0 Å². The summed E-state index contributed by atoms with van der Waals surface area (Å²) in [7, 11) is 1.82. The summed E-state index contributed by atoms with van der Waals surface area (Å²) in [4.78, 5) is 24.7. The first kappa shape index (κ1) is 17.6. The number of aromatic nitrogens is 5. The van der Waals surface area contributed by atoms with Crippen molar-refractivity contribution in [2.75, 3.05) is 23.8 Å². The van der Waals surface area contributed by atoms with Crippen molar-refractivity contribution in [3.63, 3.8) is 0 Å². The Kier molecular flexibility index (Phi) is 4.61. The SMILES string of the molecule is CNc1ncc2c(n1)CCN(c1ncc(Cl)c(-c3ncc(C)cc3C)n1)C2. The predicted octanol–water partition coefficient (Wildman–Crippen LogP) is 3.20. The van der Waals surface area contributed by atoms with E-state index in [1.54, 1.807) is 6.20 Å². The van der Waals surface area contributed by atoms with E-state index in [1.807, 2.05) is 33.3 Å². The number of hydrogen-bond acceptors (Lipinski definition) is 7. The third-order valence-corrected chi connectivity index (χ3v) is 4.89. The fourth-order valence-corrected chi connectivity index (χ4v) is 3.43. The lowest BCUT2D eigenvalue weighted by Crippen LogP contribution is -2.32. The molecule has 0 saturated carbocycles. The second-order valence-corrected chi connectivity index (χ2v) is 7.04. The maximum atomic E-state index is 6.39. The molecule has 4 heterocycles. The molecule has 0 bridgehead atoms. The van der Waals surface area contributed by atoms with Crippen LogP contribution >= 0.6 is 11.6 Å². The lowest BCUT2D eigenvalue weighted by Gasteiger charge is -2.28. The third-order valence-electron chi connectivity index (χ3n) is 4.61. The van der Waals surface area contributed by atoms with E-state index in [4.69, 9.17) is 16.6 Å². The molecule has 3 aromatic rings. The standard InChI is InChI=1S/C19H20ClN7/c1-11-6-12(2)16(22-7-11)17-14(20)9-24-19(26-17)27-5-4-15-13(10-27)8-23-18(21-3)25-15/h6-9H,4-5,10H2,1-3H3,(H,21,23,25). The smallest absolute Gasteiger partial charge is 0.226 e. The average Bonchev–Trinajstić information content (AvgIpc) is 2.68. The molecule has 0 amide bonds. The van der Waals surface area contributed by atoms with Crippen LogP contribution in [-0.2, 0) is 13.0 Å². The van der Waals surface area contributed by atoms with Crippen LogP contribution < -0.4 is 10.2 Å². The van der Waals surface area contributed by atoms with Crippen molar-refractivity contribution in [3.8, 4) is 11.4 Å². The van der Waals surface area contributed by atoms with E-state index >= 15 is 0 Å². The molecule has 138 valence electrons. The Morgan fingerprint density at radius 1 is 1.04 bits per heavy atom. The van der Waals surface area contributed by atoms with Gasteiger partial charge in [0.25, 0.3) is 0 Å². The molecular formula is C19H20ClN7. The summed E-state index contributed by atoms with van der Waals surface area (Å²) in [5.41, 5.74) is 5.75. The molecule has 0 saturated heterocycles. The lowest BCUT2D eigenvalue weighted by molar-refractivity contribution is 0.687. The quantitative estimate of drug-likeness (QED) is 0.746. The van der Waals surface area contributed by atoms with Gasteiger partial charge in [0.15, 0.2) is 0 Å². The Morgan fingerprint density at radius 3 is 2.67 bits per heavy atom. The molecule has 0 spiro atoms. The first-order valence-electron chi connectivity index (χ1n) is 8.79. The number of hydrogen-bond donors (Lipinski definition) is 1. The molecule has 0 aliphatic carbocycles. The van der Waals surface area contributed by atoms with Gasteiger partial charge in [-0.1, -0.05) is 17.7 Å². The Labute approximate surface area is 162 Å². The van der Waals surface area contributed by atoms with E-state index in [0.717, 1.165) is 41.0 Å². The Morgan fingerprint density at radius 2 is 1.89 bits per heavy atom. The van der Waals surface area contributed by atoms with E-state index in [1.165, 1.54) is 0 Å². The largest absolute Gasteiger partial charge is 0.357 e. The fraction of sp³-hybridized carbons (Fsp3) is 0.316. The van der Waals surface area contributed by atoms with Gasteiger partial charge in [-0.15, -0.1) is 0 Å². The van der Waals surface area contributed by atoms with Crippen molar-refractivity contribution in [3.05, 3.63) is 52.1 Å². The summed E-state index contributed by atoms with van der Waals surface area (Å²) in [6.07, 6.45) is 6.16. The highest BCUT2D eigenvalue weighted by Crippen LogP contribution is 2.29. The highest BCUT2D eigenvalue weighted by molar-refractivity contribution is 6.32. The number of pyridine rings is 1. The first-order valence-corrected chi connectivity index (χ1v) is 9.16. The maximum absolute atomic E-state index is 6.39. The highest BCUT2D eigenvalue weighted by Gasteiger charge is 2.22. The summed E-state index contributed by atoms with van der Waals surface area (Å²) in [6.45, 7) is 5.49. The van der Waals surface area contributed by atoms with Gasteiger partial charge in [-0.25, -0.2) is 19.9 Å². The van der Waals surface area contributed by atoms with Gasteiger partial charge in [0.05, 0.1) is 22.6 Å². The van der Waals surface area contributed by atoms with Crippen LogP contribution in [0, 0.1) is 13.8 Å². The molecule has 1 aliphatic rings. The van der Waals surface area contributed by atoms with Crippen LogP contribution in [0.1, 0.15) is 22.4 Å². The van der Waals surface area contributed by atoms with E-state index in [2.05, 4.69) is 36.2 Å². The summed E-state index contributed by atoms with van der Waals surface area (Å²) < 4.78 is 0. The minimum Gasteiger partial charge on any atom is -0.357 e. The van der Waals surface area contributed by atoms with Crippen molar-refractivity contribution >= 4 is 23.5 Å². The zero-order valence-electron chi connectivity index (χ0n) is 15.5. The van der Waals surface area contributed by atoms with Crippen LogP contribution in [0.2, 0.25) is 5.02 Å². The molecule has 4 rings (SSSR count). The highest BCUT2D eigenvalue weighted by atomic mass is 35.5. The minimum atomic E-state index is 0.498. The number of nitrogens with one attached hydrogen (secondary N) is 1. The molecule has 27 heavy (non-hydrogen) atoms. The summed E-state index contributed by atoms with van der Waals surface area (Å²) in [6, 6.07) is 2.08. The third kappa shape index (κ3) is 3.42. The Hall–Kier alpha value is -2.80.